The third kappa shape index (κ3) is 4.21. The topological polar surface area (TPSA) is 62.7 Å². The number of amides is 1. The lowest BCUT2D eigenvalue weighted by molar-refractivity contribution is 0.0218. The zero-order valence-corrected chi connectivity index (χ0v) is 14.5. The third-order valence-electron chi connectivity index (χ3n) is 3.76. The zero-order valence-electron chi connectivity index (χ0n) is 14.5. The second-order valence-electron chi connectivity index (χ2n) is 7.00. The van der Waals surface area contributed by atoms with Gasteiger partial charge in [-0.05, 0) is 46.2 Å². The molecule has 1 atom stereocenters. The van der Waals surface area contributed by atoms with Crippen molar-refractivity contribution < 1.29 is 14.3 Å². The van der Waals surface area contributed by atoms with E-state index in [2.05, 4.69) is 16.8 Å². The van der Waals surface area contributed by atoms with Gasteiger partial charge in [-0.1, -0.05) is 0 Å². The van der Waals surface area contributed by atoms with Gasteiger partial charge < -0.3 is 14.5 Å². The molecule has 0 N–H and O–H groups in total. The van der Waals surface area contributed by atoms with Crippen LogP contribution in [-0.4, -0.2) is 53.5 Å². The molecule has 1 amide bonds. The average Bonchev–Trinajstić information content (AvgIpc) is 2.45. The monoisotopic (exact) mass is 319 g/mol. The van der Waals surface area contributed by atoms with E-state index in [1.807, 2.05) is 33.8 Å². The van der Waals surface area contributed by atoms with Gasteiger partial charge in [0.2, 0.25) is 0 Å². The Morgan fingerprint density at radius 2 is 2.09 bits per heavy atom. The molecule has 1 saturated heterocycles. The first-order valence-electron chi connectivity index (χ1n) is 7.87. The van der Waals surface area contributed by atoms with Crippen molar-refractivity contribution in [1.82, 2.24) is 9.88 Å². The lowest BCUT2D eigenvalue weighted by Crippen LogP contribution is -2.55. The molecule has 126 valence electrons. The highest BCUT2D eigenvalue weighted by molar-refractivity contribution is 5.75. The molecule has 23 heavy (non-hydrogen) atoms. The average molecular weight is 319 g/mol. The van der Waals surface area contributed by atoms with Gasteiger partial charge in [-0.15, -0.1) is 0 Å². The minimum absolute atomic E-state index is 0.129. The molecule has 0 aliphatic carbocycles. The van der Waals surface area contributed by atoms with E-state index in [4.69, 9.17) is 4.74 Å². The number of nitrogens with zero attached hydrogens (tertiary/aromatic N) is 3. The number of aldehydes is 1. The van der Waals surface area contributed by atoms with E-state index in [1.165, 1.54) is 0 Å². The van der Waals surface area contributed by atoms with E-state index >= 15 is 0 Å². The molecule has 1 aliphatic rings. The smallest absolute Gasteiger partial charge is 0.410 e. The number of pyridine rings is 1. The van der Waals surface area contributed by atoms with Crippen LogP contribution in [0.1, 0.15) is 43.6 Å². The van der Waals surface area contributed by atoms with Crippen LogP contribution in [0.4, 0.5) is 10.6 Å². The first kappa shape index (κ1) is 17.2. The van der Waals surface area contributed by atoms with E-state index in [-0.39, 0.29) is 12.1 Å². The molecule has 0 spiro atoms. The maximum absolute atomic E-state index is 12.2. The first-order valence-corrected chi connectivity index (χ1v) is 7.87. The number of ether oxygens (including phenoxy) is 1. The summed E-state index contributed by atoms with van der Waals surface area (Å²) in [6, 6.07) is 1.96. The summed E-state index contributed by atoms with van der Waals surface area (Å²) in [5.74, 6) is 0.868. The molecule has 1 fully saturated rings. The maximum atomic E-state index is 12.2. The summed E-state index contributed by atoms with van der Waals surface area (Å²) in [5, 5.41) is 0. The van der Waals surface area contributed by atoms with E-state index in [9.17, 15) is 9.59 Å². The van der Waals surface area contributed by atoms with Gasteiger partial charge >= 0.3 is 6.09 Å². The molecule has 2 heterocycles. The molecule has 0 radical (unpaired) electrons. The second-order valence-corrected chi connectivity index (χ2v) is 7.00. The number of hydrogen-bond acceptors (Lipinski definition) is 5. The van der Waals surface area contributed by atoms with Crippen LogP contribution in [0.25, 0.3) is 0 Å². The molecule has 0 aromatic carbocycles. The van der Waals surface area contributed by atoms with Crippen LogP contribution in [0.15, 0.2) is 12.3 Å². The molecule has 2 rings (SSSR count). The zero-order chi connectivity index (χ0) is 17.2. The predicted octanol–water partition coefficient (Wildman–Crippen LogP) is 2.65. The molecular formula is C17H25N3O3. The van der Waals surface area contributed by atoms with Crippen molar-refractivity contribution in [3.05, 3.63) is 23.4 Å². The van der Waals surface area contributed by atoms with Crippen LogP contribution in [0.2, 0.25) is 0 Å². The molecule has 0 unspecified atom stereocenters. The van der Waals surface area contributed by atoms with Gasteiger partial charge in [0.05, 0.1) is 0 Å². The summed E-state index contributed by atoms with van der Waals surface area (Å²) in [5.41, 5.74) is 1.05. The number of aromatic nitrogens is 1. The largest absolute Gasteiger partial charge is 0.444 e. The second kappa shape index (κ2) is 6.56. The molecular weight excluding hydrogens is 294 g/mol. The number of piperazine rings is 1. The van der Waals surface area contributed by atoms with Crippen molar-refractivity contribution in [3.8, 4) is 0 Å². The van der Waals surface area contributed by atoms with Crippen LogP contribution >= 0.6 is 0 Å². The van der Waals surface area contributed by atoms with Crippen molar-refractivity contribution in [2.75, 3.05) is 24.5 Å². The van der Waals surface area contributed by atoms with E-state index in [0.29, 0.717) is 25.2 Å². The van der Waals surface area contributed by atoms with Crippen molar-refractivity contribution in [2.45, 2.75) is 46.3 Å². The number of rotatable bonds is 2. The van der Waals surface area contributed by atoms with Gasteiger partial charge in [0.25, 0.3) is 0 Å². The van der Waals surface area contributed by atoms with E-state index in [1.54, 1.807) is 11.1 Å². The predicted molar refractivity (Wildman–Crippen MR) is 89.0 cm³/mol. The molecule has 6 heteroatoms. The first-order chi connectivity index (χ1) is 10.7. The van der Waals surface area contributed by atoms with Crippen LogP contribution in [0.3, 0.4) is 0 Å². The number of hydrogen-bond donors (Lipinski definition) is 0. The SMILES string of the molecule is Cc1cc(C=O)cnc1N1CCN(C(=O)OC(C)(C)C)C[C@@H]1C. The Hall–Kier alpha value is -2.11. The highest BCUT2D eigenvalue weighted by Gasteiger charge is 2.30. The van der Waals surface area contributed by atoms with Crippen LogP contribution in [0.5, 0.6) is 0 Å². The lowest BCUT2D eigenvalue weighted by atomic mass is 10.1. The minimum Gasteiger partial charge on any atom is -0.444 e. The number of aryl methyl sites for hydroxylation is 1. The van der Waals surface area contributed by atoms with E-state index < -0.39 is 5.60 Å². The van der Waals surface area contributed by atoms with Gasteiger partial charge in [0.15, 0.2) is 6.29 Å². The molecule has 0 saturated carbocycles. The third-order valence-corrected chi connectivity index (χ3v) is 3.76. The molecule has 1 aromatic heterocycles. The summed E-state index contributed by atoms with van der Waals surface area (Å²) < 4.78 is 5.43. The lowest BCUT2D eigenvalue weighted by Gasteiger charge is -2.41. The van der Waals surface area contributed by atoms with Gasteiger partial charge in [0.1, 0.15) is 11.4 Å². The molecule has 0 bridgehead atoms. The molecule has 1 aliphatic heterocycles. The maximum Gasteiger partial charge on any atom is 0.410 e. The minimum atomic E-state index is -0.486. The van der Waals surface area contributed by atoms with Gasteiger partial charge in [-0.25, -0.2) is 9.78 Å². The van der Waals surface area contributed by atoms with E-state index in [0.717, 1.165) is 17.7 Å². The summed E-state index contributed by atoms with van der Waals surface area (Å²) >= 11 is 0. The summed E-state index contributed by atoms with van der Waals surface area (Å²) in [4.78, 5) is 31.3. The summed E-state index contributed by atoms with van der Waals surface area (Å²) in [6.45, 7) is 11.5. The van der Waals surface area contributed by atoms with Crippen molar-refractivity contribution in [3.63, 3.8) is 0 Å². The fourth-order valence-electron chi connectivity index (χ4n) is 2.72. The highest BCUT2D eigenvalue weighted by Crippen LogP contribution is 2.23. The Kier molecular flexibility index (Phi) is 4.92. The van der Waals surface area contributed by atoms with Crippen molar-refractivity contribution in [2.24, 2.45) is 0 Å². The van der Waals surface area contributed by atoms with Crippen LogP contribution in [-0.2, 0) is 4.74 Å². The summed E-state index contributed by atoms with van der Waals surface area (Å²) in [7, 11) is 0. The standard InChI is InChI=1S/C17H25N3O3/c1-12-8-14(11-21)9-18-15(12)20-7-6-19(10-13(20)2)16(22)23-17(3,4)5/h8-9,11,13H,6-7,10H2,1-5H3/t13-/m0/s1. The highest BCUT2D eigenvalue weighted by atomic mass is 16.6. The Morgan fingerprint density at radius 1 is 1.39 bits per heavy atom. The quantitative estimate of drug-likeness (QED) is 0.784. The Morgan fingerprint density at radius 3 is 2.61 bits per heavy atom. The van der Waals surface area contributed by atoms with Crippen LogP contribution in [0, 0.1) is 6.92 Å². The molecule has 6 nitrogen and oxygen atoms in total. The normalized spacial score (nSPS) is 18.7. The van der Waals surface area contributed by atoms with Crippen LogP contribution < -0.4 is 4.90 Å². The van der Waals surface area contributed by atoms with Crippen molar-refractivity contribution >= 4 is 18.2 Å². The summed E-state index contributed by atoms with van der Waals surface area (Å²) in [6.07, 6.45) is 2.11. The fourth-order valence-corrected chi connectivity index (χ4v) is 2.72. The Labute approximate surface area is 137 Å². The van der Waals surface area contributed by atoms with Gasteiger partial charge in [0, 0.05) is 37.4 Å². The van der Waals surface area contributed by atoms with Crippen molar-refractivity contribution in [1.29, 1.82) is 0 Å². The van der Waals surface area contributed by atoms with Gasteiger partial charge in [-0.3, -0.25) is 4.79 Å². The number of carbonyl (C=O) groups excluding carboxylic acids is 2. The Balaban J connectivity index is 2.07. The number of carbonyl (C=O) groups is 2. The fraction of sp³-hybridized carbons (Fsp3) is 0.588. The van der Waals surface area contributed by atoms with Gasteiger partial charge in [-0.2, -0.15) is 0 Å². The Bertz CT molecular complexity index is 595. The molecule has 1 aromatic rings. The number of anilines is 1.